The van der Waals surface area contributed by atoms with Crippen LogP contribution in [0.1, 0.15) is 0 Å². The molecule has 174 valence electrons. The summed E-state index contributed by atoms with van der Waals surface area (Å²) in [5.74, 6) is 0.357. The molecule has 35 heavy (non-hydrogen) atoms. The highest BCUT2D eigenvalue weighted by molar-refractivity contribution is 5.95. The second-order valence-electron chi connectivity index (χ2n) is 7.84. The summed E-state index contributed by atoms with van der Waals surface area (Å²) in [6.07, 6.45) is 3.27. The van der Waals surface area contributed by atoms with Crippen molar-refractivity contribution in [3.63, 3.8) is 0 Å². The van der Waals surface area contributed by atoms with E-state index in [2.05, 4.69) is 15.3 Å². The van der Waals surface area contributed by atoms with Gasteiger partial charge in [-0.3, -0.25) is 9.97 Å². The van der Waals surface area contributed by atoms with E-state index in [4.69, 9.17) is 9.47 Å². The van der Waals surface area contributed by atoms with Gasteiger partial charge in [0.15, 0.2) is 0 Å². The number of anilines is 2. The first-order chi connectivity index (χ1) is 17.1. The van der Waals surface area contributed by atoms with Crippen LogP contribution in [0.2, 0.25) is 0 Å². The predicted molar refractivity (Wildman–Crippen MR) is 133 cm³/mol. The van der Waals surface area contributed by atoms with Crippen LogP contribution in [0, 0.1) is 11.6 Å². The van der Waals surface area contributed by atoms with Crippen molar-refractivity contribution >= 4 is 22.3 Å². The van der Waals surface area contributed by atoms with E-state index in [-0.39, 0.29) is 5.56 Å². The molecule has 0 unspecified atom stereocenters. The van der Waals surface area contributed by atoms with Gasteiger partial charge in [-0.25, -0.2) is 8.78 Å². The molecule has 0 aliphatic rings. The molecule has 0 saturated heterocycles. The summed E-state index contributed by atoms with van der Waals surface area (Å²) in [5, 5.41) is 4.25. The van der Waals surface area contributed by atoms with Crippen LogP contribution in [0.3, 0.4) is 0 Å². The number of halogens is 2. The quantitative estimate of drug-likeness (QED) is 0.290. The molecule has 2 heterocycles. The first-order valence-corrected chi connectivity index (χ1v) is 10.9. The van der Waals surface area contributed by atoms with Gasteiger partial charge in [-0.05, 0) is 60.2 Å². The number of benzene rings is 3. The summed E-state index contributed by atoms with van der Waals surface area (Å²) >= 11 is 0. The van der Waals surface area contributed by atoms with E-state index in [9.17, 15) is 8.78 Å². The van der Waals surface area contributed by atoms with E-state index < -0.39 is 11.6 Å². The number of aromatic nitrogens is 2. The van der Waals surface area contributed by atoms with Crippen LogP contribution in [0.15, 0.2) is 85.2 Å². The van der Waals surface area contributed by atoms with Gasteiger partial charge in [-0.15, -0.1) is 0 Å². The SMILES string of the molecule is COc1ccc(-c2ccc3c(Nc4ccnc(-c5cc(F)ccc5F)c4)ccnc3c2)c(OC)c1. The van der Waals surface area contributed by atoms with Crippen LogP contribution >= 0.6 is 0 Å². The second kappa shape index (κ2) is 9.38. The third-order valence-corrected chi connectivity index (χ3v) is 5.71. The zero-order chi connectivity index (χ0) is 24.4. The van der Waals surface area contributed by atoms with Gasteiger partial charge in [-0.2, -0.15) is 0 Å². The molecule has 3 aromatic carbocycles. The molecule has 5 aromatic rings. The van der Waals surface area contributed by atoms with Crippen molar-refractivity contribution in [1.29, 1.82) is 0 Å². The highest BCUT2D eigenvalue weighted by atomic mass is 19.1. The molecule has 2 aromatic heterocycles. The van der Waals surface area contributed by atoms with Crippen molar-refractivity contribution in [3.05, 3.63) is 96.8 Å². The van der Waals surface area contributed by atoms with Gasteiger partial charge in [0.1, 0.15) is 23.1 Å². The standard InChI is InChI=1S/C28H21F2N3O2/c1-34-20-5-7-21(28(16-20)35-2)17-3-6-22-25(10-12-32-26(22)13-17)33-19-9-11-31-27(15-19)23-14-18(29)4-8-24(23)30/h3-16H,1-2H3,(H,31,32,33). The maximum absolute atomic E-state index is 14.2. The van der Waals surface area contributed by atoms with Crippen LogP contribution in [0.25, 0.3) is 33.3 Å². The van der Waals surface area contributed by atoms with Crippen LogP contribution in [-0.2, 0) is 0 Å². The van der Waals surface area contributed by atoms with Crippen molar-refractivity contribution in [2.75, 3.05) is 19.5 Å². The largest absolute Gasteiger partial charge is 0.497 e. The normalized spacial score (nSPS) is 10.9. The number of nitrogens with zero attached hydrogens (tertiary/aromatic N) is 2. The summed E-state index contributed by atoms with van der Waals surface area (Å²) in [7, 11) is 3.24. The van der Waals surface area contributed by atoms with E-state index in [1.165, 1.54) is 0 Å². The Morgan fingerprint density at radius 2 is 1.60 bits per heavy atom. The van der Waals surface area contributed by atoms with Gasteiger partial charge in [0, 0.05) is 46.3 Å². The zero-order valence-electron chi connectivity index (χ0n) is 19.0. The van der Waals surface area contributed by atoms with E-state index in [0.717, 1.165) is 45.9 Å². The minimum absolute atomic E-state index is 0.103. The molecule has 0 atom stereocenters. The average Bonchev–Trinajstić information content (AvgIpc) is 2.89. The molecule has 7 heteroatoms. The average molecular weight is 469 g/mol. The van der Waals surface area contributed by atoms with E-state index in [0.29, 0.717) is 22.9 Å². The van der Waals surface area contributed by atoms with Crippen molar-refractivity contribution < 1.29 is 18.3 Å². The van der Waals surface area contributed by atoms with E-state index >= 15 is 0 Å². The van der Waals surface area contributed by atoms with Crippen LogP contribution in [0.4, 0.5) is 20.2 Å². The molecular weight excluding hydrogens is 448 g/mol. The van der Waals surface area contributed by atoms with Gasteiger partial charge in [0.25, 0.3) is 0 Å². The fourth-order valence-corrected chi connectivity index (χ4v) is 3.97. The van der Waals surface area contributed by atoms with Crippen molar-refractivity contribution in [2.45, 2.75) is 0 Å². The van der Waals surface area contributed by atoms with E-state index in [1.54, 1.807) is 38.7 Å². The lowest BCUT2D eigenvalue weighted by Crippen LogP contribution is -1.96. The molecule has 0 fully saturated rings. The number of hydrogen-bond donors (Lipinski definition) is 1. The highest BCUT2D eigenvalue weighted by Crippen LogP contribution is 2.36. The number of nitrogens with one attached hydrogen (secondary N) is 1. The lowest BCUT2D eigenvalue weighted by molar-refractivity contribution is 0.395. The molecule has 5 rings (SSSR count). The Kier molecular flexibility index (Phi) is 5.97. The number of fused-ring (bicyclic) bond motifs is 1. The fourth-order valence-electron chi connectivity index (χ4n) is 3.97. The molecule has 0 radical (unpaired) electrons. The first-order valence-electron chi connectivity index (χ1n) is 10.9. The number of pyridine rings is 2. The third kappa shape index (κ3) is 4.48. The molecule has 5 nitrogen and oxygen atoms in total. The lowest BCUT2D eigenvalue weighted by Gasteiger charge is -2.13. The molecule has 0 spiro atoms. The first kappa shape index (κ1) is 22.3. The molecule has 0 bridgehead atoms. The van der Waals surface area contributed by atoms with Crippen molar-refractivity contribution in [2.24, 2.45) is 0 Å². The van der Waals surface area contributed by atoms with Gasteiger partial charge in [0.05, 0.1) is 25.4 Å². The summed E-state index contributed by atoms with van der Waals surface area (Å²) in [6, 6.07) is 20.3. The topological polar surface area (TPSA) is 56.3 Å². The van der Waals surface area contributed by atoms with Crippen molar-refractivity contribution in [1.82, 2.24) is 9.97 Å². The third-order valence-electron chi connectivity index (χ3n) is 5.71. The van der Waals surface area contributed by atoms with Gasteiger partial charge < -0.3 is 14.8 Å². The molecule has 0 amide bonds. The zero-order valence-corrected chi connectivity index (χ0v) is 19.0. The molecule has 0 aliphatic heterocycles. The van der Waals surface area contributed by atoms with Crippen LogP contribution in [0.5, 0.6) is 11.5 Å². The number of ether oxygens (including phenoxy) is 2. The number of hydrogen-bond acceptors (Lipinski definition) is 5. The molecule has 0 aliphatic carbocycles. The Bertz CT molecular complexity index is 1540. The fraction of sp³-hybridized carbons (Fsp3) is 0.0714. The molecular formula is C28H21F2N3O2. The Morgan fingerprint density at radius 3 is 2.43 bits per heavy atom. The van der Waals surface area contributed by atoms with Crippen LogP contribution < -0.4 is 14.8 Å². The van der Waals surface area contributed by atoms with Gasteiger partial charge in [-0.1, -0.05) is 12.1 Å². The Hall–Kier alpha value is -4.52. The Balaban J connectivity index is 1.50. The number of methoxy groups -OCH3 is 2. The summed E-state index contributed by atoms with van der Waals surface area (Å²) < 4.78 is 38.8. The smallest absolute Gasteiger partial charge is 0.132 e. The van der Waals surface area contributed by atoms with Gasteiger partial charge in [0.2, 0.25) is 0 Å². The summed E-state index contributed by atoms with van der Waals surface area (Å²) in [6.45, 7) is 0. The monoisotopic (exact) mass is 469 g/mol. The Morgan fingerprint density at radius 1 is 0.743 bits per heavy atom. The summed E-state index contributed by atoms with van der Waals surface area (Å²) in [5.41, 5.74) is 4.61. The summed E-state index contributed by atoms with van der Waals surface area (Å²) in [4.78, 5) is 8.75. The van der Waals surface area contributed by atoms with Crippen molar-refractivity contribution in [3.8, 4) is 33.9 Å². The predicted octanol–water partition coefficient (Wildman–Crippen LogP) is 7.00. The highest BCUT2D eigenvalue weighted by Gasteiger charge is 2.12. The second-order valence-corrected chi connectivity index (χ2v) is 7.84. The minimum Gasteiger partial charge on any atom is -0.497 e. The number of rotatable bonds is 6. The molecule has 1 N–H and O–H groups in total. The maximum atomic E-state index is 14.2. The van der Waals surface area contributed by atoms with Gasteiger partial charge >= 0.3 is 0 Å². The Labute approximate surface area is 201 Å². The minimum atomic E-state index is -0.535. The van der Waals surface area contributed by atoms with Crippen LogP contribution in [-0.4, -0.2) is 24.2 Å². The van der Waals surface area contributed by atoms with E-state index in [1.807, 2.05) is 42.5 Å². The molecule has 0 saturated carbocycles. The lowest BCUT2D eigenvalue weighted by atomic mass is 10.0. The maximum Gasteiger partial charge on any atom is 0.132 e.